The number of aromatic nitrogens is 7. The topological polar surface area (TPSA) is 94.3 Å². The lowest BCUT2D eigenvalue weighted by Gasteiger charge is -2.22. The van der Waals surface area contributed by atoms with Gasteiger partial charge in [0, 0.05) is 29.7 Å². The first-order valence-corrected chi connectivity index (χ1v) is 12.7. The quantitative estimate of drug-likeness (QED) is 0.295. The van der Waals surface area contributed by atoms with E-state index in [0.717, 1.165) is 35.2 Å². The van der Waals surface area contributed by atoms with Crippen LogP contribution in [0.1, 0.15) is 62.3 Å². The number of rotatable bonds is 9. The highest BCUT2D eigenvalue weighted by Gasteiger charge is 2.20. The van der Waals surface area contributed by atoms with Gasteiger partial charge in [0.25, 0.3) is 0 Å². The van der Waals surface area contributed by atoms with Gasteiger partial charge in [-0.1, -0.05) is 81.8 Å². The van der Waals surface area contributed by atoms with Crippen molar-refractivity contribution in [3.8, 4) is 22.6 Å². The van der Waals surface area contributed by atoms with Crippen molar-refractivity contribution in [1.29, 1.82) is 0 Å². The average Bonchev–Trinajstić information content (AvgIpc) is 3.59. The molecule has 5 aromatic rings. The molecule has 0 aliphatic carbocycles. The van der Waals surface area contributed by atoms with Gasteiger partial charge in [-0.3, -0.25) is 14.1 Å². The van der Waals surface area contributed by atoms with Gasteiger partial charge in [-0.05, 0) is 45.5 Å². The molecule has 0 saturated heterocycles. The Morgan fingerprint density at radius 1 is 0.919 bits per heavy atom. The standard InChI is InChI=1S/C29H31N7O/c1-4-9-27(24-12-7-5-10-22(24)20(2)3)36-17-16-35(29(36)37)19-21-14-15-26(30-18-21)23-11-6-8-13-25(23)28-31-33-34-32-28/h5-8,10-18,20,27H,4,9,19H2,1-3H3,(H,31,32,33,34). The second kappa shape index (κ2) is 10.7. The lowest BCUT2D eigenvalue weighted by Crippen LogP contribution is -2.28. The maximum absolute atomic E-state index is 13.5. The molecule has 1 unspecified atom stereocenters. The molecule has 8 nitrogen and oxygen atoms in total. The summed E-state index contributed by atoms with van der Waals surface area (Å²) in [4.78, 5) is 18.2. The van der Waals surface area contributed by atoms with Crippen molar-refractivity contribution in [1.82, 2.24) is 34.7 Å². The lowest BCUT2D eigenvalue weighted by atomic mass is 9.91. The number of imidazole rings is 1. The van der Waals surface area contributed by atoms with Crippen LogP contribution in [0.25, 0.3) is 22.6 Å². The first kappa shape index (κ1) is 24.4. The van der Waals surface area contributed by atoms with E-state index in [1.165, 1.54) is 11.1 Å². The van der Waals surface area contributed by atoms with Crippen LogP contribution in [0.3, 0.4) is 0 Å². The van der Waals surface area contributed by atoms with Gasteiger partial charge in [-0.2, -0.15) is 0 Å². The van der Waals surface area contributed by atoms with Crippen molar-refractivity contribution >= 4 is 0 Å². The van der Waals surface area contributed by atoms with Gasteiger partial charge in [0.15, 0.2) is 5.82 Å². The number of nitrogens with zero attached hydrogens (tertiary/aromatic N) is 6. The van der Waals surface area contributed by atoms with Gasteiger partial charge in [0.1, 0.15) is 0 Å². The highest BCUT2D eigenvalue weighted by Crippen LogP contribution is 2.30. The third-order valence-corrected chi connectivity index (χ3v) is 6.73. The van der Waals surface area contributed by atoms with Crippen molar-refractivity contribution in [3.05, 3.63) is 106 Å². The monoisotopic (exact) mass is 493 g/mol. The Morgan fingerprint density at radius 2 is 1.68 bits per heavy atom. The number of hydrogen-bond acceptors (Lipinski definition) is 5. The largest absolute Gasteiger partial charge is 0.329 e. The molecule has 0 bridgehead atoms. The summed E-state index contributed by atoms with van der Waals surface area (Å²) in [7, 11) is 0. The number of nitrogens with one attached hydrogen (secondary N) is 1. The predicted octanol–water partition coefficient (Wildman–Crippen LogP) is 5.45. The summed E-state index contributed by atoms with van der Waals surface area (Å²) in [5, 5.41) is 14.2. The molecule has 1 N–H and O–H groups in total. The summed E-state index contributed by atoms with van der Waals surface area (Å²) in [6, 6.07) is 20.3. The molecule has 1 atom stereocenters. The van der Waals surface area contributed by atoms with Crippen molar-refractivity contribution in [3.63, 3.8) is 0 Å². The van der Waals surface area contributed by atoms with Crippen LogP contribution in [-0.2, 0) is 6.54 Å². The van der Waals surface area contributed by atoms with Crippen LogP contribution in [0.5, 0.6) is 0 Å². The van der Waals surface area contributed by atoms with Crippen LogP contribution in [0.2, 0.25) is 0 Å². The molecule has 2 aromatic carbocycles. The van der Waals surface area contributed by atoms with Crippen molar-refractivity contribution < 1.29 is 0 Å². The molecular formula is C29H31N7O. The molecule has 188 valence electrons. The predicted molar refractivity (Wildman–Crippen MR) is 144 cm³/mol. The maximum atomic E-state index is 13.5. The minimum Gasteiger partial charge on any atom is -0.295 e. The van der Waals surface area contributed by atoms with Gasteiger partial charge in [0.2, 0.25) is 0 Å². The molecule has 37 heavy (non-hydrogen) atoms. The van der Waals surface area contributed by atoms with Crippen LogP contribution >= 0.6 is 0 Å². The highest BCUT2D eigenvalue weighted by atomic mass is 16.1. The third-order valence-electron chi connectivity index (χ3n) is 6.73. The number of benzene rings is 2. The molecule has 3 heterocycles. The molecule has 0 saturated carbocycles. The molecule has 0 aliphatic rings. The zero-order valence-corrected chi connectivity index (χ0v) is 21.4. The first-order valence-electron chi connectivity index (χ1n) is 12.7. The van der Waals surface area contributed by atoms with E-state index in [1.807, 2.05) is 59.6 Å². The molecule has 0 radical (unpaired) electrons. The molecule has 0 fully saturated rings. The van der Waals surface area contributed by atoms with E-state index in [2.05, 4.69) is 65.7 Å². The Balaban J connectivity index is 1.41. The number of H-pyrrole nitrogens is 1. The fourth-order valence-corrected chi connectivity index (χ4v) is 4.90. The van der Waals surface area contributed by atoms with Gasteiger partial charge >= 0.3 is 5.69 Å². The average molecular weight is 494 g/mol. The minimum atomic E-state index is -0.00995. The van der Waals surface area contributed by atoms with Gasteiger partial charge in [0.05, 0.1) is 18.3 Å². The Bertz CT molecular complexity index is 1510. The van der Waals surface area contributed by atoms with Gasteiger partial charge < -0.3 is 0 Å². The maximum Gasteiger partial charge on any atom is 0.329 e. The molecule has 0 spiro atoms. The summed E-state index contributed by atoms with van der Waals surface area (Å²) in [6.45, 7) is 7.02. The van der Waals surface area contributed by atoms with E-state index in [1.54, 1.807) is 4.57 Å². The number of tetrazole rings is 1. The van der Waals surface area contributed by atoms with E-state index >= 15 is 0 Å². The van der Waals surface area contributed by atoms with Crippen molar-refractivity contribution in [2.24, 2.45) is 0 Å². The summed E-state index contributed by atoms with van der Waals surface area (Å²) >= 11 is 0. The van der Waals surface area contributed by atoms with E-state index in [9.17, 15) is 4.79 Å². The number of pyridine rings is 1. The van der Waals surface area contributed by atoms with E-state index < -0.39 is 0 Å². The Hall–Kier alpha value is -4.33. The van der Waals surface area contributed by atoms with Crippen LogP contribution < -0.4 is 5.69 Å². The second-order valence-electron chi connectivity index (χ2n) is 9.55. The zero-order valence-electron chi connectivity index (χ0n) is 21.4. The summed E-state index contributed by atoms with van der Waals surface area (Å²) in [5.41, 5.74) is 6.09. The molecule has 8 heteroatoms. The Morgan fingerprint density at radius 3 is 2.35 bits per heavy atom. The summed E-state index contributed by atoms with van der Waals surface area (Å²) in [6.07, 6.45) is 7.52. The fraction of sp³-hybridized carbons (Fsp3) is 0.276. The summed E-state index contributed by atoms with van der Waals surface area (Å²) < 4.78 is 3.64. The van der Waals surface area contributed by atoms with Crippen LogP contribution in [0.15, 0.2) is 84.0 Å². The lowest BCUT2D eigenvalue weighted by molar-refractivity contribution is 0.503. The van der Waals surface area contributed by atoms with E-state index in [0.29, 0.717) is 18.3 Å². The van der Waals surface area contributed by atoms with Crippen molar-refractivity contribution in [2.45, 2.75) is 52.1 Å². The Kier molecular flexibility index (Phi) is 7.07. The van der Waals surface area contributed by atoms with Crippen LogP contribution in [0.4, 0.5) is 0 Å². The Labute approximate surface area is 216 Å². The highest BCUT2D eigenvalue weighted by molar-refractivity contribution is 5.78. The molecular weight excluding hydrogens is 462 g/mol. The third kappa shape index (κ3) is 5.00. The van der Waals surface area contributed by atoms with Crippen LogP contribution in [0, 0.1) is 0 Å². The summed E-state index contributed by atoms with van der Waals surface area (Å²) in [5.74, 6) is 0.985. The molecule has 0 aliphatic heterocycles. The normalized spacial score (nSPS) is 12.2. The number of hydrogen-bond donors (Lipinski definition) is 1. The minimum absolute atomic E-state index is 0.00995. The van der Waals surface area contributed by atoms with Crippen LogP contribution in [-0.4, -0.2) is 34.7 Å². The fourth-order valence-electron chi connectivity index (χ4n) is 4.90. The van der Waals surface area contributed by atoms with Gasteiger partial charge in [-0.25, -0.2) is 9.89 Å². The molecule has 0 amide bonds. The molecule has 5 rings (SSSR count). The smallest absolute Gasteiger partial charge is 0.295 e. The SMILES string of the molecule is CCCC(c1ccccc1C(C)C)n1ccn(Cc2ccc(-c3ccccc3-c3nnn[nH]3)nc2)c1=O. The van der Waals surface area contributed by atoms with E-state index in [-0.39, 0.29) is 11.7 Å². The zero-order chi connectivity index (χ0) is 25.8. The number of aromatic amines is 1. The molecule has 3 aromatic heterocycles. The van der Waals surface area contributed by atoms with Crippen molar-refractivity contribution in [2.75, 3.05) is 0 Å². The second-order valence-corrected chi connectivity index (χ2v) is 9.55. The van der Waals surface area contributed by atoms with E-state index in [4.69, 9.17) is 4.98 Å². The van der Waals surface area contributed by atoms with Gasteiger partial charge in [-0.15, -0.1) is 5.10 Å². The first-order chi connectivity index (χ1) is 18.1.